The zero-order valence-electron chi connectivity index (χ0n) is 18.1. The number of benzene rings is 1. The van der Waals surface area contributed by atoms with Crippen LogP contribution in [0.2, 0.25) is 0 Å². The standard InChI is InChI=1S/C22H33N5O4/c1-14(2)20-22(31)26-17(15-8-4-3-5-9-15)12-18(28)24-13-19(29)25-16(21(30)27-20)10-6-7-11-23/h3-5,8-9,14,16-17,20H,6-7,10-13,23H2,1-2H3,(H,24,28)(H,25,29)(H,26,31)(H,27,30)/t16-,17+,20-/m0/s1. The van der Waals surface area contributed by atoms with Gasteiger partial charge in [-0.3, -0.25) is 19.2 Å². The van der Waals surface area contributed by atoms with Crippen LogP contribution >= 0.6 is 0 Å². The molecule has 9 heteroatoms. The van der Waals surface area contributed by atoms with Gasteiger partial charge in [0.05, 0.1) is 19.0 Å². The van der Waals surface area contributed by atoms with Crippen LogP contribution in [0.4, 0.5) is 0 Å². The van der Waals surface area contributed by atoms with Crippen LogP contribution in [0.1, 0.15) is 51.1 Å². The lowest BCUT2D eigenvalue weighted by atomic mass is 9.99. The zero-order chi connectivity index (χ0) is 22.8. The Balaban J connectivity index is 2.29. The number of hydrogen-bond acceptors (Lipinski definition) is 5. The Morgan fingerprint density at radius 2 is 1.65 bits per heavy atom. The van der Waals surface area contributed by atoms with Crippen LogP contribution in [-0.2, 0) is 19.2 Å². The predicted molar refractivity (Wildman–Crippen MR) is 117 cm³/mol. The van der Waals surface area contributed by atoms with E-state index in [1.54, 1.807) is 0 Å². The van der Waals surface area contributed by atoms with Crippen molar-refractivity contribution in [1.29, 1.82) is 0 Å². The molecule has 0 aromatic heterocycles. The molecule has 31 heavy (non-hydrogen) atoms. The van der Waals surface area contributed by atoms with Gasteiger partial charge in [0.1, 0.15) is 12.1 Å². The summed E-state index contributed by atoms with van der Waals surface area (Å²) in [6, 6.07) is 6.92. The van der Waals surface area contributed by atoms with Crippen molar-refractivity contribution in [3.63, 3.8) is 0 Å². The molecule has 1 heterocycles. The van der Waals surface area contributed by atoms with Gasteiger partial charge in [-0.25, -0.2) is 0 Å². The summed E-state index contributed by atoms with van der Waals surface area (Å²) >= 11 is 0. The third-order valence-electron chi connectivity index (χ3n) is 5.20. The number of carbonyl (C=O) groups excluding carboxylic acids is 4. The second kappa shape index (κ2) is 12.0. The van der Waals surface area contributed by atoms with E-state index in [0.29, 0.717) is 25.8 Å². The molecule has 9 nitrogen and oxygen atoms in total. The first-order chi connectivity index (χ1) is 14.8. The molecule has 1 fully saturated rings. The summed E-state index contributed by atoms with van der Waals surface area (Å²) < 4.78 is 0. The third kappa shape index (κ3) is 7.67. The fourth-order valence-corrected chi connectivity index (χ4v) is 3.43. The molecule has 1 saturated heterocycles. The van der Waals surface area contributed by atoms with Crippen molar-refractivity contribution >= 4 is 23.6 Å². The van der Waals surface area contributed by atoms with Crippen molar-refractivity contribution in [3.05, 3.63) is 35.9 Å². The molecule has 0 aliphatic carbocycles. The van der Waals surface area contributed by atoms with Gasteiger partial charge in [0.2, 0.25) is 23.6 Å². The minimum Gasteiger partial charge on any atom is -0.347 e. The van der Waals surface area contributed by atoms with E-state index in [2.05, 4.69) is 21.3 Å². The molecule has 0 bridgehead atoms. The molecule has 2 rings (SSSR count). The van der Waals surface area contributed by atoms with Gasteiger partial charge >= 0.3 is 0 Å². The summed E-state index contributed by atoms with van der Waals surface area (Å²) in [4.78, 5) is 50.8. The summed E-state index contributed by atoms with van der Waals surface area (Å²) in [5.41, 5.74) is 6.29. The van der Waals surface area contributed by atoms with Crippen LogP contribution in [0.25, 0.3) is 0 Å². The SMILES string of the molecule is CC(C)[C@@H]1NC(=O)[C@H](CCCCN)NC(=O)CNC(=O)C[C@H](c2ccccc2)NC1=O. The maximum Gasteiger partial charge on any atom is 0.243 e. The Kier molecular flexibility index (Phi) is 9.45. The first-order valence-corrected chi connectivity index (χ1v) is 10.7. The molecule has 170 valence electrons. The van der Waals surface area contributed by atoms with Crippen LogP contribution in [-0.4, -0.2) is 48.8 Å². The Morgan fingerprint density at radius 3 is 2.29 bits per heavy atom. The quantitative estimate of drug-likeness (QED) is 0.407. The summed E-state index contributed by atoms with van der Waals surface area (Å²) in [5, 5.41) is 10.9. The molecule has 1 aromatic rings. The molecule has 3 atom stereocenters. The van der Waals surface area contributed by atoms with Crippen molar-refractivity contribution in [2.45, 2.75) is 57.7 Å². The minimum absolute atomic E-state index is 0.0261. The van der Waals surface area contributed by atoms with E-state index in [-0.39, 0.29) is 30.7 Å². The molecular weight excluding hydrogens is 398 g/mol. The van der Waals surface area contributed by atoms with E-state index in [1.165, 1.54) is 0 Å². The predicted octanol–water partition coefficient (Wildman–Crippen LogP) is 0.118. The van der Waals surface area contributed by atoms with E-state index in [9.17, 15) is 19.2 Å². The summed E-state index contributed by atoms with van der Waals surface area (Å²) in [6.45, 7) is 3.89. The average molecular weight is 432 g/mol. The minimum atomic E-state index is -0.810. The molecule has 1 aliphatic rings. The topological polar surface area (TPSA) is 142 Å². The van der Waals surface area contributed by atoms with Gasteiger partial charge in [-0.2, -0.15) is 0 Å². The first-order valence-electron chi connectivity index (χ1n) is 10.7. The van der Waals surface area contributed by atoms with E-state index in [4.69, 9.17) is 5.73 Å². The highest BCUT2D eigenvalue weighted by Gasteiger charge is 2.31. The lowest BCUT2D eigenvalue weighted by molar-refractivity contribution is -0.133. The van der Waals surface area contributed by atoms with Crippen molar-refractivity contribution in [1.82, 2.24) is 21.3 Å². The zero-order valence-corrected chi connectivity index (χ0v) is 18.1. The Morgan fingerprint density at radius 1 is 0.935 bits per heavy atom. The van der Waals surface area contributed by atoms with E-state index >= 15 is 0 Å². The molecule has 1 aromatic carbocycles. The van der Waals surface area contributed by atoms with Crippen molar-refractivity contribution < 1.29 is 19.2 Å². The highest BCUT2D eigenvalue weighted by atomic mass is 16.2. The number of nitrogens with two attached hydrogens (primary N) is 1. The molecule has 1 aliphatic heterocycles. The van der Waals surface area contributed by atoms with Gasteiger partial charge in [-0.05, 0) is 37.3 Å². The maximum atomic E-state index is 13.1. The normalized spacial score (nSPS) is 23.5. The van der Waals surface area contributed by atoms with Gasteiger partial charge in [0.15, 0.2) is 0 Å². The second-order valence-electron chi connectivity index (χ2n) is 8.09. The highest BCUT2D eigenvalue weighted by Crippen LogP contribution is 2.18. The molecule has 6 N–H and O–H groups in total. The van der Waals surface area contributed by atoms with E-state index in [1.807, 2.05) is 44.2 Å². The van der Waals surface area contributed by atoms with Crippen LogP contribution in [0.5, 0.6) is 0 Å². The van der Waals surface area contributed by atoms with Crippen LogP contribution in [0, 0.1) is 5.92 Å². The van der Waals surface area contributed by atoms with Crippen molar-refractivity contribution in [2.24, 2.45) is 11.7 Å². The number of hydrogen-bond donors (Lipinski definition) is 5. The van der Waals surface area contributed by atoms with Gasteiger partial charge in [-0.1, -0.05) is 44.2 Å². The summed E-state index contributed by atoms with van der Waals surface area (Å²) in [7, 11) is 0. The molecule has 0 unspecified atom stereocenters. The molecule has 0 spiro atoms. The number of amides is 4. The monoisotopic (exact) mass is 431 g/mol. The summed E-state index contributed by atoms with van der Waals surface area (Å²) in [5.74, 6) is -1.84. The van der Waals surface area contributed by atoms with Crippen LogP contribution in [0.3, 0.4) is 0 Å². The van der Waals surface area contributed by atoms with Crippen LogP contribution in [0.15, 0.2) is 30.3 Å². The van der Waals surface area contributed by atoms with Gasteiger partial charge < -0.3 is 27.0 Å². The van der Waals surface area contributed by atoms with Crippen molar-refractivity contribution in [3.8, 4) is 0 Å². The van der Waals surface area contributed by atoms with E-state index < -0.39 is 29.9 Å². The maximum absolute atomic E-state index is 13.1. The lowest BCUT2D eigenvalue weighted by Crippen LogP contribution is -2.56. The smallest absolute Gasteiger partial charge is 0.243 e. The van der Waals surface area contributed by atoms with E-state index in [0.717, 1.165) is 5.56 Å². The van der Waals surface area contributed by atoms with Gasteiger partial charge in [0.25, 0.3) is 0 Å². The third-order valence-corrected chi connectivity index (χ3v) is 5.20. The first kappa shape index (κ1) is 24.3. The number of nitrogens with one attached hydrogen (secondary N) is 4. The Labute approximate surface area is 182 Å². The number of carbonyl (C=O) groups is 4. The molecule has 0 radical (unpaired) electrons. The Bertz CT molecular complexity index is 768. The largest absolute Gasteiger partial charge is 0.347 e. The highest BCUT2D eigenvalue weighted by molar-refractivity contribution is 5.94. The fraction of sp³-hybridized carbons (Fsp3) is 0.545. The average Bonchev–Trinajstić information content (AvgIpc) is 2.75. The molecule has 4 amide bonds. The number of rotatable bonds is 6. The fourth-order valence-electron chi connectivity index (χ4n) is 3.43. The van der Waals surface area contributed by atoms with Gasteiger partial charge in [-0.15, -0.1) is 0 Å². The molecule has 0 saturated carbocycles. The summed E-state index contributed by atoms with van der Waals surface area (Å²) in [6.07, 6.45) is 1.72. The Hall–Kier alpha value is -2.94. The van der Waals surface area contributed by atoms with Crippen LogP contribution < -0.4 is 27.0 Å². The molecular formula is C22H33N5O4. The van der Waals surface area contributed by atoms with Gasteiger partial charge in [0, 0.05) is 0 Å². The van der Waals surface area contributed by atoms with Crippen molar-refractivity contribution in [2.75, 3.05) is 13.1 Å². The number of unbranched alkanes of at least 4 members (excludes halogenated alkanes) is 1. The lowest BCUT2D eigenvalue weighted by Gasteiger charge is -2.27. The second-order valence-corrected chi connectivity index (χ2v) is 8.09.